The maximum absolute atomic E-state index is 12.4. The molecule has 7 heteroatoms. The molecule has 0 aliphatic carbocycles. The molecular weight excluding hydrogens is 313 g/mol. The molecule has 5 nitrogen and oxygen atoms in total. The maximum Gasteiger partial charge on any atom is 0.256 e. The normalized spacial score (nSPS) is 10.8. The van der Waals surface area contributed by atoms with E-state index >= 15 is 0 Å². The topological polar surface area (TPSA) is 68.0 Å². The number of aryl methyl sites for hydroxylation is 1. The Labute approximate surface area is 129 Å². The molecule has 0 saturated carbocycles. The standard InChI is InChI=1S/C14H9Cl2N3O2/c1-7-2-3-8(15)6-9(7)14(20)17-11-5-4-10(16)12-13(11)19-21-18-12/h2-6H,1H3,(H,17,20). The zero-order valence-electron chi connectivity index (χ0n) is 10.9. The van der Waals surface area contributed by atoms with Crippen LogP contribution >= 0.6 is 23.2 Å². The average Bonchev–Trinajstić information content (AvgIpc) is 2.95. The highest BCUT2D eigenvalue weighted by atomic mass is 35.5. The Hall–Kier alpha value is -2.11. The summed E-state index contributed by atoms with van der Waals surface area (Å²) in [6.07, 6.45) is 0. The van der Waals surface area contributed by atoms with E-state index in [1.165, 1.54) is 0 Å². The summed E-state index contributed by atoms with van der Waals surface area (Å²) in [5.41, 5.74) is 2.58. The highest BCUT2D eigenvalue weighted by Crippen LogP contribution is 2.27. The van der Waals surface area contributed by atoms with Crippen LogP contribution in [0.3, 0.4) is 0 Å². The number of halogens is 2. The molecule has 0 saturated heterocycles. The molecule has 0 bridgehead atoms. The van der Waals surface area contributed by atoms with Crippen molar-refractivity contribution in [3.05, 3.63) is 51.5 Å². The van der Waals surface area contributed by atoms with Crippen LogP contribution in [0.15, 0.2) is 35.0 Å². The van der Waals surface area contributed by atoms with Crippen molar-refractivity contribution in [1.29, 1.82) is 0 Å². The Balaban J connectivity index is 1.99. The molecule has 0 spiro atoms. The van der Waals surface area contributed by atoms with Gasteiger partial charge < -0.3 is 5.32 Å². The molecule has 1 amide bonds. The van der Waals surface area contributed by atoms with Gasteiger partial charge in [0.05, 0.1) is 10.7 Å². The third kappa shape index (κ3) is 2.57. The number of aromatic nitrogens is 2. The second-order valence-electron chi connectivity index (χ2n) is 4.47. The van der Waals surface area contributed by atoms with Crippen molar-refractivity contribution >= 4 is 45.8 Å². The molecule has 0 aliphatic heterocycles. The van der Waals surface area contributed by atoms with E-state index in [2.05, 4.69) is 20.3 Å². The fraction of sp³-hybridized carbons (Fsp3) is 0.0714. The van der Waals surface area contributed by atoms with Crippen LogP contribution in [0.4, 0.5) is 5.69 Å². The van der Waals surface area contributed by atoms with Gasteiger partial charge in [0.25, 0.3) is 5.91 Å². The Morgan fingerprint density at radius 1 is 1.14 bits per heavy atom. The zero-order chi connectivity index (χ0) is 15.0. The largest absolute Gasteiger partial charge is 0.320 e. The number of nitrogens with one attached hydrogen (secondary N) is 1. The number of carbonyl (C=O) groups is 1. The van der Waals surface area contributed by atoms with Crippen LogP contribution in [0, 0.1) is 6.92 Å². The number of benzene rings is 2. The Kier molecular flexibility index (Phi) is 3.53. The zero-order valence-corrected chi connectivity index (χ0v) is 12.4. The van der Waals surface area contributed by atoms with Crippen LogP contribution in [0.2, 0.25) is 10.0 Å². The molecule has 1 N–H and O–H groups in total. The molecular formula is C14H9Cl2N3O2. The first-order valence-corrected chi connectivity index (χ1v) is 6.80. The Morgan fingerprint density at radius 2 is 1.90 bits per heavy atom. The van der Waals surface area contributed by atoms with Gasteiger partial charge in [-0.05, 0) is 47.1 Å². The Bertz CT molecular complexity index is 845. The lowest BCUT2D eigenvalue weighted by atomic mass is 10.1. The van der Waals surface area contributed by atoms with Crippen LogP contribution in [-0.2, 0) is 0 Å². The molecule has 3 aromatic rings. The van der Waals surface area contributed by atoms with Crippen molar-refractivity contribution in [2.24, 2.45) is 0 Å². The van der Waals surface area contributed by atoms with Crippen LogP contribution in [0.25, 0.3) is 11.0 Å². The van der Waals surface area contributed by atoms with Crippen LogP contribution < -0.4 is 5.32 Å². The van der Waals surface area contributed by atoms with Crippen molar-refractivity contribution in [3.8, 4) is 0 Å². The van der Waals surface area contributed by atoms with Gasteiger partial charge in [-0.3, -0.25) is 4.79 Å². The van der Waals surface area contributed by atoms with Gasteiger partial charge in [0.2, 0.25) is 0 Å². The lowest BCUT2D eigenvalue weighted by Gasteiger charge is -2.08. The van der Waals surface area contributed by atoms with E-state index in [0.717, 1.165) is 5.56 Å². The van der Waals surface area contributed by atoms with Crippen LogP contribution in [0.1, 0.15) is 15.9 Å². The van der Waals surface area contributed by atoms with E-state index in [9.17, 15) is 4.79 Å². The molecule has 2 aromatic carbocycles. The summed E-state index contributed by atoms with van der Waals surface area (Å²) < 4.78 is 4.66. The van der Waals surface area contributed by atoms with Crippen molar-refractivity contribution < 1.29 is 9.42 Å². The summed E-state index contributed by atoms with van der Waals surface area (Å²) in [5, 5.41) is 11.1. The quantitative estimate of drug-likeness (QED) is 0.771. The van der Waals surface area contributed by atoms with Gasteiger partial charge in [0, 0.05) is 10.6 Å². The molecule has 0 atom stereocenters. The third-order valence-corrected chi connectivity index (χ3v) is 3.60. The number of nitrogens with zero attached hydrogens (tertiary/aromatic N) is 2. The number of hydrogen-bond acceptors (Lipinski definition) is 4. The molecule has 106 valence electrons. The minimum Gasteiger partial charge on any atom is -0.320 e. The molecule has 0 fully saturated rings. The highest BCUT2D eigenvalue weighted by molar-refractivity contribution is 6.35. The van der Waals surface area contributed by atoms with Gasteiger partial charge in [-0.15, -0.1) is 0 Å². The molecule has 0 unspecified atom stereocenters. The second kappa shape index (κ2) is 5.35. The van der Waals surface area contributed by atoms with Crippen molar-refractivity contribution in [3.63, 3.8) is 0 Å². The van der Waals surface area contributed by atoms with E-state index < -0.39 is 0 Å². The minimum absolute atomic E-state index is 0.290. The fourth-order valence-corrected chi connectivity index (χ4v) is 2.32. The van der Waals surface area contributed by atoms with E-state index in [0.29, 0.717) is 32.3 Å². The summed E-state index contributed by atoms with van der Waals surface area (Å²) in [6.45, 7) is 1.83. The SMILES string of the molecule is Cc1ccc(Cl)cc1C(=O)Nc1ccc(Cl)c2nonc12. The predicted molar refractivity (Wildman–Crippen MR) is 81.0 cm³/mol. The minimum atomic E-state index is -0.290. The maximum atomic E-state index is 12.4. The second-order valence-corrected chi connectivity index (χ2v) is 5.31. The van der Waals surface area contributed by atoms with Crippen molar-refractivity contribution in [2.45, 2.75) is 6.92 Å². The molecule has 1 aromatic heterocycles. The number of amides is 1. The van der Waals surface area contributed by atoms with Crippen LogP contribution in [0.5, 0.6) is 0 Å². The summed E-state index contributed by atoms with van der Waals surface area (Å²) in [4.78, 5) is 12.4. The van der Waals surface area contributed by atoms with E-state index in [-0.39, 0.29) is 5.91 Å². The van der Waals surface area contributed by atoms with Gasteiger partial charge >= 0.3 is 0 Å². The summed E-state index contributed by atoms with van der Waals surface area (Å²) in [7, 11) is 0. The van der Waals surface area contributed by atoms with Gasteiger partial charge in [-0.25, -0.2) is 4.63 Å². The first-order chi connectivity index (χ1) is 10.1. The fourth-order valence-electron chi connectivity index (χ4n) is 1.97. The number of anilines is 1. The predicted octanol–water partition coefficient (Wildman–Crippen LogP) is 4.09. The summed E-state index contributed by atoms with van der Waals surface area (Å²) in [5.74, 6) is -0.290. The smallest absolute Gasteiger partial charge is 0.256 e. The summed E-state index contributed by atoms with van der Waals surface area (Å²) >= 11 is 11.9. The molecule has 0 aliphatic rings. The number of carbonyl (C=O) groups excluding carboxylic acids is 1. The van der Waals surface area contributed by atoms with E-state index in [4.69, 9.17) is 23.2 Å². The molecule has 21 heavy (non-hydrogen) atoms. The summed E-state index contributed by atoms with van der Waals surface area (Å²) in [6, 6.07) is 8.39. The van der Waals surface area contributed by atoms with E-state index in [1.807, 2.05) is 6.92 Å². The lowest BCUT2D eigenvalue weighted by Crippen LogP contribution is -2.13. The Morgan fingerprint density at radius 3 is 2.71 bits per heavy atom. The van der Waals surface area contributed by atoms with E-state index in [1.54, 1.807) is 30.3 Å². The molecule has 3 rings (SSSR count). The van der Waals surface area contributed by atoms with Gasteiger partial charge in [0.1, 0.15) is 0 Å². The molecule has 0 radical (unpaired) electrons. The van der Waals surface area contributed by atoms with Gasteiger partial charge in [0.15, 0.2) is 11.0 Å². The van der Waals surface area contributed by atoms with Crippen molar-refractivity contribution in [1.82, 2.24) is 10.3 Å². The first-order valence-electron chi connectivity index (χ1n) is 6.04. The van der Waals surface area contributed by atoms with Crippen LogP contribution in [-0.4, -0.2) is 16.2 Å². The number of rotatable bonds is 2. The highest BCUT2D eigenvalue weighted by Gasteiger charge is 2.15. The first kappa shape index (κ1) is 13.9. The lowest BCUT2D eigenvalue weighted by molar-refractivity contribution is 0.102. The average molecular weight is 322 g/mol. The van der Waals surface area contributed by atoms with Crippen molar-refractivity contribution in [2.75, 3.05) is 5.32 Å². The number of hydrogen-bond donors (Lipinski definition) is 1. The third-order valence-electron chi connectivity index (χ3n) is 3.06. The monoisotopic (exact) mass is 321 g/mol. The van der Waals surface area contributed by atoms with Gasteiger partial charge in [-0.1, -0.05) is 29.3 Å². The number of fused-ring (bicyclic) bond motifs is 1. The van der Waals surface area contributed by atoms with Gasteiger partial charge in [-0.2, -0.15) is 0 Å². The molecule has 1 heterocycles.